The largest absolute Gasteiger partial charge is 0.454 e. The van der Waals surface area contributed by atoms with Crippen LogP contribution >= 0.6 is 11.6 Å². The topological polar surface area (TPSA) is 48.3 Å². The molecule has 0 aliphatic rings. The van der Waals surface area contributed by atoms with Crippen LogP contribution < -0.4 is 0 Å². The Bertz CT molecular complexity index is 1230. The number of hydrogen-bond acceptors (Lipinski definition) is 3. The number of ether oxygens (including phenoxy) is 1. The smallest absolute Gasteiger partial charge is 0.406 e. The normalized spacial score (nSPS) is 12.0. The van der Waals surface area contributed by atoms with Gasteiger partial charge in [-0.25, -0.2) is 9.18 Å². The average molecular weight is 494 g/mol. The molecule has 0 fully saturated rings. The highest BCUT2D eigenvalue weighted by Crippen LogP contribution is 2.25. The molecule has 0 unspecified atom stereocenters. The number of hydrogen-bond donors (Lipinski definition) is 0. The molecule has 0 atom stereocenters. The van der Waals surface area contributed by atoms with Gasteiger partial charge in [0.1, 0.15) is 12.4 Å². The van der Waals surface area contributed by atoms with Crippen LogP contribution in [-0.2, 0) is 16.1 Å². The van der Waals surface area contributed by atoms with Crippen molar-refractivity contribution in [3.63, 3.8) is 0 Å². The lowest BCUT2D eigenvalue weighted by Crippen LogP contribution is -2.20. The maximum Gasteiger partial charge on any atom is 0.406 e. The number of benzene rings is 2. The Balaban J connectivity index is 1.82. The van der Waals surface area contributed by atoms with Gasteiger partial charge in [0, 0.05) is 22.0 Å². The Morgan fingerprint density at radius 2 is 1.65 bits per heavy atom. The molecule has 3 aromatic rings. The van der Waals surface area contributed by atoms with E-state index in [1.54, 1.807) is 24.3 Å². The Hall–Kier alpha value is -3.39. The van der Waals surface area contributed by atoms with E-state index in [1.807, 2.05) is 0 Å². The highest BCUT2D eigenvalue weighted by atomic mass is 35.5. The first-order chi connectivity index (χ1) is 15.9. The minimum Gasteiger partial charge on any atom is -0.454 e. The van der Waals surface area contributed by atoms with Crippen LogP contribution in [0, 0.1) is 19.7 Å². The number of alkyl halides is 3. The maximum absolute atomic E-state index is 13.4. The molecule has 0 saturated carbocycles. The van der Waals surface area contributed by atoms with Crippen LogP contribution in [0.15, 0.2) is 54.6 Å². The SMILES string of the molecule is Cc1cc(C(=O)COC(=O)/C(=C/c2ccc(Cl)cc2)c2ccc(F)cc2)c(C)n1CC(F)(F)F. The first kappa shape index (κ1) is 25.2. The van der Waals surface area contributed by atoms with E-state index >= 15 is 0 Å². The van der Waals surface area contributed by atoms with E-state index in [-0.39, 0.29) is 22.5 Å². The molecule has 4 nitrogen and oxygen atoms in total. The highest BCUT2D eigenvalue weighted by Gasteiger charge is 2.30. The van der Waals surface area contributed by atoms with Gasteiger partial charge in [-0.1, -0.05) is 35.9 Å². The minimum atomic E-state index is -4.45. The molecule has 34 heavy (non-hydrogen) atoms. The van der Waals surface area contributed by atoms with Gasteiger partial charge >= 0.3 is 12.1 Å². The van der Waals surface area contributed by atoms with Crippen molar-refractivity contribution in [3.05, 3.63) is 93.5 Å². The van der Waals surface area contributed by atoms with Gasteiger partial charge in [-0.05, 0) is 61.4 Å². The fraction of sp³-hybridized carbons (Fsp3) is 0.200. The van der Waals surface area contributed by atoms with E-state index in [9.17, 15) is 27.2 Å². The fourth-order valence-electron chi connectivity index (χ4n) is 3.41. The molecular formula is C25H20ClF4NO3. The number of Topliss-reactive ketones (excluding diaryl/α,β-unsaturated/α-hetero) is 1. The zero-order valence-corrected chi connectivity index (χ0v) is 19.0. The van der Waals surface area contributed by atoms with Gasteiger partial charge in [-0.2, -0.15) is 13.2 Å². The monoisotopic (exact) mass is 493 g/mol. The summed E-state index contributed by atoms with van der Waals surface area (Å²) in [7, 11) is 0. The summed E-state index contributed by atoms with van der Waals surface area (Å²) in [4.78, 5) is 25.5. The lowest BCUT2D eigenvalue weighted by Gasteiger charge is -2.12. The third-order valence-electron chi connectivity index (χ3n) is 5.10. The number of rotatable bonds is 7. The van der Waals surface area contributed by atoms with Gasteiger partial charge in [0.15, 0.2) is 6.61 Å². The van der Waals surface area contributed by atoms with Gasteiger partial charge in [0.05, 0.1) is 5.57 Å². The third-order valence-corrected chi connectivity index (χ3v) is 5.35. The molecule has 0 aliphatic heterocycles. The molecule has 0 bridgehead atoms. The number of carbonyl (C=O) groups is 2. The van der Waals surface area contributed by atoms with Crippen molar-refractivity contribution < 1.29 is 31.9 Å². The molecule has 0 N–H and O–H groups in total. The Labute approximate surface area is 198 Å². The summed E-state index contributed by atoms with van der Waals surface area (Å²) in [5.41, 5.74) is 1.47. The van der Waals surface area contributed by atoms with Crippen LogP contribution in [0.25, 0.3) is 11.6 Å². The van der Waals surface area contributed by atoms with E-state index in [4.69, 9.17) is 16.3 Å². The number of ketones is 1. The molecular weight excluding hydrogens is 474 g/mol. The molecule has 178 valence electrons. The predicted molar refractivity (Wildman–Crippen MR) is 121 cm³/mol. The Morgan fingerprint density at radius 3 is 2.24 bits per heavy atom. The molecule has 9 heteroatoms. The molecule has 0 spiro atoms. The van der Waals surface area contributed by atoms with Crippen LogP contribution in [0.5, 0.6) is 0 Å². The molecule has 0 amide bonds. The van der Waals surface area contributed by atoms with Crippen LogP contribution in [0.2, 0.25) is 5.02 Å². The van der Waals surface area contributed by atoms with E-state index in [2.05, 4.69) is 0 Å². The van der Waals surface area contributed by atoms with Gasteiger partial charge in [-0.3, -0.25) is 4.79 Å². The number of halogens is 5. The van der Waals surface area contributed by atoms with Gasteiger partial charge in [-0.15, -0.1) is 0 Å². The van der Waals surface area contributed by atoms with Crippen molar-refractivity contribution in [2.75, 3.05) is 6.61 Å². The quantitative estimate of drug-likeness (QED) is 0.125. The van der Waals surface area contributed by atoms with E-state index in [0.29, 0.717) is 16.1 Å². The van der Waals surface area contributed by atoms with E-state index in [0.717, 1.165) is 4.57 Å². The Kier molecular flexibility index (Phi) is 7.61. The average Bonchev–Trinajstić information content (AvgIpc) is 3.04. The number of aryl methyl sites for hydroxylation is 1. The number of carbonyl (C=O) groups excluding carboxylic acids is 2. The third kappa shape index (κ3) is 6.35. The van der Waals surface area contributed by atoms with Crippen LogP contribution in [0.1, 0.15) is 32.9 Å². The lowest BCUT2D eigenvalue weighted by atomic mass is 10.0. The first-order valence-corrected chi connectivity index (χ1v) is 10.5. The molecule has 0 aliphatic carbocycles. The summed E-state index contributed by atoms with van der Waals surface area (Å²) in [5, 5.41) is 0.497. The van der Waals surface area contributed by atoms with Gasteiger partial charge in [0.25, 0.3) is 0 Å². The summed E-state index contributed by atoms with van der Waals surface area (Å²) in [5.74, 6) is -1.98. The summed E-state index contributed by atoms with van der Waals surface area (Å²) in [6.45, 7) is 0.964. The molecule has 0 saturated heterocycles. The van der Waals surface area contributed by atoms with E-state index in [1.165, 1.54) is 50.3 Å². The van der Waals surface area contributed by atoms with Crippen molar-refractivity contribution in [3.8, 4) is 0 Å². The zero-order valence-electron chi connectivity index (χ0n) is 18.2. The second-order valence-corrected chi connectivity index (χ2v) is 8.04. The lowest BCUT2D eigenvalue weighted by molar-refractivity contribution is -0.141. The summed E-state index contributed by atoms with van der Waals surface area (Å²) < 4.78 is 58.0. The van der Waals surface area contributed by atoms with E-state index < -0.39 is 36.9 Å². The van der Waals surface area contributed by atoms with Crippen molar-refractivity contribution >= 4 is 35.0 Å². The standard InChI is InChI=1S/C25H20ClF4NO3/c1-15-11-21(16(2)31(15)14-25(28,29)30)23(32)13-34-24(33)22(18-5-9-20(27)10-6-18)12-17-3-7-19(26)8-4-17/h3-12H,13-14H2,1-2H3/b22-12+. The van der Waals surface area contributed by atoms with Crippen molar-refractivity contribution in [1.29, 1.82) is 0 Å². The molecule has 1 heterocycles. The first-order valence-electron chi connectivity index (χ1n) is 10.1. The predicted octanol–water partition coefficient (Wildman–Crippen LogP) is 6.43. The number of nitrogens with zero attached hydrogens (tertiary/aromatic N) is 1. The fourth-order valence-corrected chi connectivity index (χ4v) is 3.53. The summed E-state index contributed by atoms with van der Waals surface area (Å²) in [6, 6.07) is 13.1. The van der Waals surface area contributed by atoms with Crippen LogP contribution in [0.3, 0.4) is 0 Å². The van der Waals surface area contributed by atoms with Crippen LogP contribution in [0.4, 0.5) is 17.6 Å². The van der Waals surface area contributed by atoms with Crippen molar-refractivity contribution in [2.24, 2.45) is 0 Å². The second-order valence-electron chi connectivity index (χ2n) is 7.60. The molecule has 3 rings (SSSR count). The molecule has 1 aromatic heterocycles. The number of aromatic nitrogens is 1. The second kappa shape index (κ2) is 10.3. The summed E-state index contributed by atoms with van der Waals surface area (Å²) >= 11 is 5.89. The number of esters is 1. The maximum atomic E-state index is 13.4. The Morgan fingerprint density at radius 1 is 1.03 bits per heavy atom. The zero-order chi connectivity index (χ0) is 25.0. The molecule has 0 radical (unpaired) electrons. The van der Waals surface area contributed by atoms with Gasteiger partial charge in [0.2, 0.25) is 5.78 Å². The van der Waals surface area contributed by atoms with Crippen molar-refractivity contribution in [1.82, 2.24) is 4.57 Å². The minimum absolute atomic E-state index is 0.0413. The highest BCUT2D eigenvalue weighted by molar-refractivity contribution is 6.30. The summed E-state index contributed by atoms with van der Waals surface area (Å²) in [6.07, 6.45) is -2.94. The molecule has 2 aromatic carbocycles. The van der Waals surface area contributed by atoms with Crippen LogP contribution in [-0.4, -0.2) is 29.1 Å². The van der Waals surface area contributed by atoms with Crippen molar-refractivity contribution in [2.45, 2.75) is 26.6 Å². The van der Waals surface area contributed by atoms with Gasteiger partial charge < -0.3 is 9.30 Å².